The van der Waals surface area contributed by atoms with Crippen molar-refractivity contribution < 1.29 is 9.53 Å². The fraction of sp³-hybridized carbons (Fsp3) is 0.909. The SMILES string of the molecule is COC[C@H](C)N[C@@H]1CCCC[C@@H]1C(N)=O. The highest BCUT2D eigenvalue weighted by Gasteiger charge is 2.29. The van der Waals surface area contributed by atoms with Gasteiger partial charge in [0, 0.05) is 19.2 Å². The molecule has 0 aliphatic heterocycles. The van der Waals surface area contributed by atoms with Crippen LogP contribution in [0.5, 0.6) is 0 Å². The zero-order valence-electron chi connectivity index (χ0n) is 9.66. The molecule has 1 aliphatic rings. The second kappa shape index (κ2) is 6.08. The van der Waals surface area contributed by atoms with Crippen LogP contribution in [-0.4, -0.2) is 31.7 Å². The monoisotopic (exact) mass is 214 g/mol. The van der Waals surface area contributed by atoms with Crippen LogP contribution in [-0.2, 0) is 9.53 Å². The molecule has 4 heteroatoms. The Kier molecular flexibility index (Phi) is 5.05. The van der Waals surface area contributed by atoms with Crippen LogP contribution in [0.15, 0.2) is 0 Å². The Bertz CT molecular complexity index is 209. The van der Waals surface area contributed by atoms with Gasteiger partial charge in [-0.05, 0) is 19.8 Å². The standard InChI is InChI=1S/C11H22N2O2/c1-8(7-15-2)13-10-6-4-3-5-9(10)11(12)14/h8-10,13H,3-7H2,1-2H3,(H2,12,14)/t8-,9-,10+/m0/s1. The number of primary amides is 1. The van der Waals surface area contributed by atoms with Crippen LogP contribution in [0.4, 0.5) is 0 Å². The summed E-state index contributed by atoms with van der Waals surface area (Å²) in [4.78, 5) is 11.3. The molecule has 1 rings (SSSR count). The number of nitrogens with two attached hydrogens (primary N) is 1. The predicted octanol–water partition coefficient (Wildman–Crippen LogP) is 0.655. The Morgan fingerprint density at radius 3 is 2.80 bits per heavy atom. The van der Waals surface area contributed by atoms with Gasteiger partial charge in [-0.3, -0.25) is 4.79 Å². The molecule has 0 bridgehead atoms. The summed E-state index contributed by atoms with van der Waals surface area (Å²) in [5.74, 6) is -0.171. The molecular weight excluding hydrogens is 192 g/mol. The van der Waals surface area contributed by atoms with Crippen molar-refractivity contribution in [1.82, 2.24) is 5.32 Å². The molecule has 0 saturated heterocycles. The van der Waals surface area contributed by atoms with Gasteiger partial charge in [0.15, 0.2) is 0 Å². The van der Waals surface area contributed by atoms with E-state index in [1.54, 1.807) is 7.11 Å². The van der Waals surface area contributed by atoms with Gasteiger partial charge < -0.3 is 15.8 Å². The Morgan fingerprint density at radius 2 is 2.20 bits per heavy atom. The van der Waals surface area contributed by atoms with E-state index < -0.39 is 0 Å². The first-order chi connectivity index (χ1) is 7.15. The van der Waals surface area contributed by atoms with Crippen LogP contribution < -0.4 is 11.1 Å². The molecule has 4 nitrogen and oxygen atoms in total. The molecule has 0 aromatic carbocycles. The lowest BCUT2D eigenvalue weighted by molar-refractivity contribution is -0.123. The number of amides is 1. The molecular formula is C11H22N2O2. The molecule has 0 radical (unpaired) electrons. The molecule has 3 atom stereocenters. The van der Waals surface area contributed by atoms with E-state index in [-0.39, 0.29) is 23.9 Å². The van der Waals surface area contributed by atoms with Crippen molar-refractivity contribution in [3.05, 3.63) is 0 Å². The maximum atomic E-state index is 11.3. The van der Waals surface area contributed by atoms with Crippen molar-refractivity contribution >= 4 is 5.91 Å². The topological polar surface area (TPSA) is 64.3 Å². The first-order valence-corrected chi connectivity index (χ1v) is 5.69. The van der Waals surface area contributed by atoms with Crippen LogP contribution in [0.2, 0.25) is 0 Å². The molecule has 0 heterocycles. The Hall–Kier alpha value is -0.610. The van der Waals surface area contributed by atoms with Gasteiger partial charge in [0.05, 0.1) is 12.5 Å². The predicted molar refractivity (Wildman–Crippen MR) is 59.4 cm³/mol. The summed E-state index contributed by atoms with van der Waals surface area (Å²) in [7, 11) is 1.69. The van der Waals surface area contributed by atoms with Gasteiger partial charge in [0.25, 0.3) is 0 Å². The van der Waals surface area contributed by atoms with E-state index in [4.69, 9.17) is 10.5 Å². The maximum absolute atomic E-state index is 11.3. The van der Waals surface area contributed by atoms with Crippen molar-refractivity contribution in [1.29, 1.82) is 0 Å². The summed E-state index contributed by atoms with van der Waals surface area (Å²) in [6.07, 6.45) is 4.26. The molecule has 0 aromatic rings. The lowest BCUT2D eigenvalue weighted by Crippen LogP contribution is -2.48. The maximum Gasteiger partial charge on any atom is 0.222 e. The third-order valence-electron chi connectivity index (χ3n) is 3.05. The number of carbonyl (C=O) groups excluding carboxylic acids is 1. The summed E-state index contributed by atoms with van der Waals surface area (Å²) in [5.41, 5.74) is 5.40. The van der Waals surface area contributed by atoms with Crippen molar-refractivity contribution in [2.24, 2.45) is 11.7 Å². The lowest BCUT2D eigenvalue weighted by Gasteiger charge is -2.32. The Labute approximate surface area is 91.5 Å². The Morgan fingerprint density at radius 1 is 1.53 bits per heavy atom. The fourth-order valence-corrected chi connectivity index (χ4v) is 2.33. The quantitative estimate of drug-likeness (QED) is 0.706. The Balaban J connectivity index is 2.45. The minimum atomic E-state index is -0.170. The van der Waals surface area contributed by atoms with Crippen molar-refractivity contribution in [3.63, 3.8) is 0 Å². The van der Waals surface area contributed by atoms with Gasteiger partial charge in [-0.2, -0.15) is 0 Å². The van der Waals surface area contributed by atoms with Gasteiger partial charge >= 0.3 is 0 Å². The highest BCUT2D eigenvalue weighted by molar-refractivity contribution is 5.77. The van der Waals surface area contributed by atoms with Gasteiger partial charge in [-0.15, -0.1) is 0 Å². The minimum Gasteiger partial charge on any atom is -0.383 e. The van der Waals surface area contributed by atoms with E-state index in [9.17, 15) is 4.79 Å². The molecule has 0 aromatic heterocycles. The third kappa shape index (κ3) is 3.80. The molecule has 3 N–H and O–H groups in total. The number of rotatable bonds is 5. The highest BCUT2D eigenvalue weighted by Crippen LogP contribution is 2.24. The van der Waals surface area contributed by atoms with Crippen molar-refractivity contribution in [2.45, 2.75) is 44.7 Å². The van der Waals surface area contributed by atoms with Crippen LogP contribution in [0.3, 0.4) is 0 Å². The van der Waals surface area contributed by atoms with E-state index >= 15 is 0 Å². The second-order valence-corrected chi connectivity index (χ2v) is 4.42. The first-order valence-electron chi connectivity index (χ1n) is 5.69. The van der Waals surface area contributed by atoms with E-state index in [2.05, 4.69) is 12.2 Å². The van der Waals surface area contributed by atoms with E-state index in [1.807, 2.05) is 0 Å². The number of hydrogen-bond donors (Lipinski definition) is 2. The van der Waals surface area contributed by atoms with Crippen molar-refractivity contribution in [2.75, 3.05) is 13.7 Å². The average molecular weight is 214 g/mol. The smallest absolute Gasteiger partial charge is 0.222 e. The summed E-state index contributed by atoms with van der Waals surface area (Å²) in [6.45, 7) is 2.73. The van der Waals surface area contributed by atoms with Crippen LogP contribution in [0.25, 0.3) is 0 Å². The molecule has 0 unspecified atom stereocenters. The number of nitrogens with one attached hydrogen (secondary N) is 1. The van der Waals surface area contributed by atoms with E-state index in [0.29, 0.717) is 6.61 Å². The van der Waals surface area contributed by atoms with E-state index in [0.717, 1.165) is 19.3 Å². The van der Waals surface area contributed by atoms with E-state index in [1.165, 1.54) is 6.42 Å². The van der Waals surface area contributed by atoms with Gasteiger partial charge in [0.2, 0.25) is 5.91 Å². The van der Waals surface area contributed by atoms with Crippen molar-refractivity contribution in [3.8, 4) is 0 Å². The van der Waals surface area contributed by atoms with Gasteiger partial charge in [-0.1, -0.05) is 12.8 Å². The summed E-state index contributed by atoms with van der Waals surface area (Å²) in [5, 5.41) is 3.43. The molecule has 88 valence electrons. The second-order valence-electron chi connectivity index (χ2n) is 4.42. The zero-order valence-corrected chi connectivity index (χ0v) is 9.66. The summed E-state index contributed by atoms with van der Waals surface area (Å²) in [6, 6.07) is 0.515. The highest BCUT2D eigenvalue weighted by atomic mass is 16.5. The number of methoxy groups -OCH3 is 1. The average Bonchev–Trinajstić information content (AvgIpc) is 2.18. The number of carbonyl (C=O) groups is 1. The molecule has 1 saturated carbocycles. The zero-order chi connectivity index (χ0) is 11.3. The first kappa shape index (κ1) is 12.5. The molecule has 1 fully saturated rings. The lowest BCUT2D eigenvalue weighted by atomic mass is 9.83. The molecule has 1 aliphatic carbocycles. The molecule has 1 amide bonds. The van der Waals surface area contributed by atoms with Crippen LogP contribution >= 0.6 is 0 Å². The largest absolute Gasteiger partial charge is 0.383 e. The summed E-state index contributed by atoms with van der Waals surface area (Å²) < 4.78 is 5.06. The summed E-state index contributed by atoms with van der Waals surface area (Å²) >= 11 is 0. The van der Waals surface area contributed by atoms with Crippen LogP contribution in [0, 0.1) is 5.92 Å². The number of hydrogen-bond acceptors (Lipinski definition) is 3. The molecule has 15 heavy (non-hydrogen) atoms. The van der Waals surface area contributed by atoms with Gasteiger partial charge in [0.1, 0.15) is 0 Å². The number of ether oxygens (including phenoxy) is 1. The third-order valence-corrected chi connectivity index (χ3v) is 3.05. The minimum absolute atomic E-state index is 0.00180. The molecule has 0 spiro atoms. The normalized spacial score (nSPS) is 28.7. The fourth-order valence-electron chi connectivity index (χ4n) is 2.33. The van der Waals surface area contributed by atoms with Crippen LogP contribution in [0.1, 0.15) is 32.6 Å². The van der Waals surface area contributed by atoms with Gasteiger partial charge in [-0.25, -0.2) is 0 Å².